The van der Waals surface area contributed by atoms with Gasteiger partial charge in [0.15, 0.2) is 11.5 Å². The maximum atomic E-state index is 13.3. The first-order valence-electron chi connectivity index (χ1n) is 12.6. The Balaban J connectivity index is 1.52. The molecule has 1 aliphatic rings. The molecule has 208 valence electrons. The van der Waals surface area contributed by atoms with E-state index in [1.54, 1.807) is 37.4 Å². The van der Waals surface area contributed by atoms with Gasteiger partial charge in [-0.3, -0.25) is 4.79 Å². The Hall–Kier alpha value is -4.86. The first-order valence-corrected chi connectivity index (χ1v) is 12.6. The van der Waals surface area contributed by atoms with Crippen molar-refractivity contribution in [1.82, 2.24) is 5.32 Å². The molecule has 1 aliphatic heterocycles. The molecular formula is C30H29NO9. The van der Waals surface area contributed by atoms with Crippen LogP contribution >= 0.6 is 0 Å². The van der Waals surface area contributed by atoms with Crippen LogP contribution in [-0.4, -0.2) is 45.7 Å². The van der Waals surface area contributed by atoms with Crippen molar-refractivity contribution in [2.75, 3.05) is 34.7 Å². The van der Waals surface area contributed by atoms with Crippen molar-refractivity contribution in [2.45, 2.75) is 18.8 Å². The molecule has 1 aromatic heterocycles. The predicted molar refractivity (Wildman–Crippen MR) is 146 cm³/mol. The highest BCUT2D eigenvalue weighted by molar-refractivity contribution is 5.85. The molecule has 1 amide bonds. The van der Waals surface area contributed by atoms with Gasteiger partial charge in [0.1, 0.15) is 17.1 Å². The van der Waals surface area contributed by atoms with Crippen molar-refractivity contribution in [3.8, 4) is 34.5 Å². The summed E-state index contributed by atoms with van der Waals surface area (Å²) in [6, 6.07) is 15.8. The van der Waals surface area contributed by atoms with Gasteiger partial charge in [0.2, 0.25) is 24.2 Å². The second kappa shape index (κ2) is 11.5. The van der Waals surface area contributed by atoms with Crippen LogP contribution in [0.25, 0.3) is 11.0 Å². The number of benzene rings is 3. The summed E-state index contributed by atoms with van der Waals surface area (Å²) in [5.41, 5.74) is 0.792. The lowest BCUT2D eigenvalue weighted by Gasteiger charge is -2.22. The van der Waals surface area contributed by atoms with Gasteiger partial charge in [0.05, 0.1) is 32.3 Å². The molecule has 0 spiro atoms. The number of hydrogen-bond acceptors (Lipinski definition) is 9. The number of methoxy groups -OCH3 is 3. The van der Waals surface area contributed by atoms with E-state index in [2.05, 4.69) is 5.32 Å². The molecule has 10 nitrogen and oxygen atoms in total. The number of ether oxygens (including phenoxy) is 5. The molecule has 0 radical (unpaired) electrons. The number of hydrogen-bond donors (Lipinski definition) is 2. The lowest BCUT2D eigenvalue weighted by atomic mass is 9.86. The largest absolute Gasteiger partial charge is 0.507 e. The minimum absolute atomic E-state index is 0.0502. The Morgan fingerprint density at radius 1 is 1.00 bits per heavy atom. The summed E-state index contributed by atoms with van der Waals surface area (Å²) in [5.74, 6) is 0.379. The SMILES string of the molecule is COc1ccc(CCNC(=O)C[C@H](c2cc(OC)c3c(c2OC)OCO3)c2c(O)c3ccccc3oc2=O)cc1. The maximum absolute atomic E-state index is 13.3. The minimum atomic E-state index is -0.972. The average Bonchev–Trinajstić information content (AvgIpc) is 3.46. The Bertz CT molecular complexity index is 1590. The standard InChI is InChI=1S/C30H29NO9/c1-35-18-10-8-17(9-11-18)12-13-31-24(32)15-20(25-26(33)19-6-4-5-7-22(19)40-30(25)34)21-14-23(36-2)28-29(27(21)37-3)39-16-38-28/h4-11,14,20,33H,12-13,15-16H2,1-3H3,(H,31,32)/t20-/m1/s1. The van der Waals surface area contributed by atoms with Crippen molar-refractivity contribution in [3.63, 3.8) is 0 Å². The number of aromatic hydroxyl groups is 1. The molecule has 0 fully saturated rings. The van der Waals surface area contributed by atoms with Gasteiger partial charge in [-0.05, 0) is 42.3 Å². The topological polar surface area (TPSA) is 126 Å². The second-order valence-electron chi connectivity index (χ2n) is 9.12. The molecular weight excluding hydrogens is 518 g/mol. The predicted octanol–water partition coefficient (Wildman–Crippen LogP) is 4.13. The van der Waals surface area contributed by atoms with Gasteiger partial charge in [-0.15, -0.1) is 0 Å². The van der Waals surface area contributed by atoms with Crippen LogP contribution in [0, 0.1) is 0 Å². The van der Waals surface area contributed by atoms with E-state index in [0.717, 1.165) is 11.3 Å². The molecule has 0 bridgehead atoms. The third-order valence-electron chi connectivity index (χ3n) is 6.84. The van der Waals surface area contributed by atoms with E-state index in [9.17, 15) is 14.7 Å². The Morgan fingerprint density at radius 2 is 1.75 bits per heavy atom. The highest BCUT2D eigenvalue weighted by Gasteiger charge is 2.35. The monoisotopic (exact) mass is 547 g/mol. The van der Waals surface area contributed by atoms with Crippen LogP contribution in [0.4, 0.5) is 0 Å². The van der Waals surface area contributed by atoms with Crippen LogP contribution in [0.3, 0.4) is 0 Å². The zero-order valence-electron chi connectivity index (χ0n) is 22.3. The Labute approximate surface area is 230 Å². The third kappa shape index (κ3) is 5.07. The summed E-state index contributed by atoms with van der Waals surface area (Å²) < 4.78 is 33.1. The molecule has 40 heavy (non-hydrogen) atoms. The fraction of sp³-hybridized carbons (Fsp3) is 0.267. The Kier molecular flexibility index (Phi) is 7.68. The normalized spacial score (nSPS) is 12.7. The third-order valence-corrected chi connectivity index (χ3v) is 6.84. The van der Waals surface area contributed by atoms with Crippen molar-refractivity contribution in [3.05, 3.63) is 81.7 Å². The number of rotatable bonds is 10. The summed E-state index contributed by atoms with van der Waals surface area (Å²) in [6.07, 6.45) is 0.392. The van der Waals surface area contributed by atoms with Crippen molar-refractivity contribution >= 4 is 16.9 Å². The van der Waals surface area contributed by atoms with E-state index >= 15 is 0 Å². The fourth-order valence-electron chi connectivity index (χ4n) is 4.87. The fourth-order valence-corrected chi connectivity index (χ4v) is 4.87. The summed E-state index contributed by atoms with van der Waals surface area (Å²) in [5, 5.41) is 14.5. The zero-order valence-corrected chi connectivity index (χ0v) is 22.3. The number of nitrogens with one attached hydrogen (secondary N) is 1. The minimum Gasteiger partial charge on any atom is -0.507 e. The van der Waals surface area contributed by atoms with E-state index in [4.69, 9.17) is 28.1 Å². The molecule has 10 heteroatoms. The zero-order chi connectivity index (χ0) is 28.2. The quantitative estimate of drug-likeness (QED) is 0.282. The maximum Gasteiger partial charge on any atom is 0.343 e. The lowest BCUT2D eigenvalue weighted by molar-refractivity contribution is -0.121. The van der Waals surface area contributed by atoms with E-state index in [1.807, 2.05) is 24.3 Å². The molecule has 0 unspecified atom stereocenters. The number of para-hydroxylation sites is 1. The molecule has 1 atom stereocenters. The molecule has 2 N–H and O–H groups in total. The highest BCUT2D eigenvalue weighted by atomic mass is 16.7. The number of carbonyl (C=O) groups is 1. The molecule has 0 saturated heterocycles. The van der Waals surface area contributed by atoms with Crippen LogP contribution in [-0.2, 0) is 11.2 Å². The highest BCUT2D eigenvalue weighted by Crippen LogP contribution is 2.53. The van der Waals surface area contributed by atoms with Crippen molar-refractivity contribution < 1.29 is 38.0 Å². The second-order valence-corrected chi connectivity index (χ2v) is 9.12. The number of fused-ring (bicyclic) bond motifs is 2. The van der Waals surface area contributed by atoms with Crippen LogP contribution in [0.2, 0.25) is 0 Å². The molecule has 0 saturated carbocycles. The molecule has 3 aromatic carbocycles. The Morgan fingerprint density at radius 3 is 2.48 bits per heavy atom. The van der Waals surface area contributed by atoms with Gasteiger partial charge in [-0.2, -0.15) is 0 Å². The summed E-state index contributed by atoms with van der Waals surface area (Å²) in [4.78, 5) is 26.6. The van der Waals surface area contributed by atoms with E-state index in [1.165, 1.54) is 14.2 Å². The molecule has 2 heterocycles. The van der Waals surface area contributed by atoms with Gasteiger partial charge in [0.25, 0.3) is 0 Å². The van der Waals surface area contributed by atoms with Crippen LogP contribution < -0.4 is 34.6 Å². The number of carbonyl (C=O) groups excluding carboxylic acids is 1. The van der Waals surface area contributed by atoms with Crippen molar-refractivity contribution in [2.24, 2.45) is 0 Å². The van der Waals surface area contributed by atoms with Gasteiger partial charge in [-0.1, -0.05) is 24.3 Å². The van der Waals surface area contributed by atoms with Gasteiger partial charge < -0.3 is 38.5 Å². The number of amides is 1. The lowest BCUT2D eigenvalue weighted by Crippen LogP contribution is -2.29. The van der Waals surface area contributed by atoms with E-state index < -0.39 is 11.5 Å². The van der Waals surface area contributed by atoms with Crippen LogP contribution in [0.5, 0.6) is 34.5 Å². The molecule has 0 aliphatic carbocycles. The van der Waals surface area contributed by atoms with E-state index in [0.29, 0.717) is 35.4 Å². The van der Waals surface area contributed by atoms with Crippen molar-refractivity contribution in [1.29, 1.82) is 0 Å². The van der Waals surface area contributed by atoms with Crippen LogP contribution in [0.15, 0.2) is 63.8 Å². The molecule has 4 aromatic rings. The van der Waals surface area contributed by atoms with Gasteiger partial charge >= 0.3 is 5.63 Å². The average molecular weight is 548 g/mol. The first kappa shape index (κ1) is 26.7. The smallest absolute Gasteiger partial charge is 0.343 e. The molecule has 5 rings (SSSR count). The van der Waals surface area contributed by atoms with Crippen LogP contribution in [0.1, 0.15) is 29.0 Å². The first-order chi connectivity index (χ1) is 19.4. The summed E-state index contributed by atoms with van der Waals surface area (Å²) in [6.45, 7) is 0.309. The van der Waals surface area contributed by atoms with Gasteiger partial charge in [0, 0.05) is 24.4 Å². The summed E-state index contributed by atoms with van der Waals surface area (Å²) in [7, 11) is 4.52. The van der Waals surface area contributed by atoms with Gasteiger partial charge in [-0.25, -0.2) is 4.79 Å². The summed E-state index contributed by atoms with van der Waals surface area (Å²) >= 11 is 0. The van der Waals surface area contributed by atoms with E-state index in [-0.39, 0.29) is 47.5 Å².